The van der Waals surface area contributed by atoms with Gasteiger partial charge < -0.3 is 14.7 Å². The molecule has 0 aliphatic rings. The highest BCUT2D eigenvalue weighted by Gasteiger charge is 2.35. The smallest absolute Gasteiger partial charge is 0.309 e. The van der Waals surface area contributed by atoms with Crippen LogP contribution in [0.4, 0.5) is 17.1 Å². The Bertz CT molecular complexity index is 1590. The summed E-state index contributed by atoms with van der Waals surface area (Å²) in [7, 11) is 0.396. The maximum Gasteiger partial charge on any atom is 0.309 e. The molecule has 0 aliphatic heterocycles. The first-order chi connectivity index (χ1) is 19.6. The van der Waals surface area contributed by atoms with Crippen LogP contribution < -0.4 is 10.4 Å². The van der Waals surface area contributed by atoms with Gasteiger partial charge in [0.25, 0.3) is 0 Å². The molecule has 0 unspecified atom stereocenters. The Morgan fingerprint density at radius 2 is 1.22 bits per heavy atom. The maximum atomic E-state index is 10.6. The molecule has 0 bridgehead atoms. The molecule has 4 heteroatoms. The summed E-state index contributed by atoms with van der Waals surface area (Å²) in [6, 6.07) is 44.9. The minimum absolute atomic E-state index is 0.396. The number of nitrogens with zero attached hydrogens (tertiary/aromatic N) is 1. The second-order valence-electron chi connectivity index (χ2n) is 11.7. The number of aryl methyl sites for hydroxylation is 1. The van der Waals surface area contributed by atoms with Gasteiger partial charge >= 0.3 is 7.48 Å². The molecular weight excluding hydrogens is 501 g/mol. The van der Waals surface area contributed by atoms with E-state index in [2.05, 4.69) is 127 Å². The van der Waals surface area contributed by atoms with Gasteiger partial charge in [0.15, 0.2) is 0 Å². The molecule has 41 heavy (non-hydrogen) atoms. The first kappa shape index (κ1) is 28.4. The highest BCUT2D eigenvalue weighted by molar-refractivity contribution is 6.47. The maximum absolute atomic E-state index is 10.6. The molecule has 5 aromatic rings. The van der Waals surface area contributed by atoms with Crippen molar-refractivity contribution in [2.45, 2.75) is 45.8 Å². The fraction of sp³-hybridized carbons (Fsp3) is 0.189. The van der Waals surface area contributed by atoms with Crippen LogP contribution in [0.15, 0.2) is 127 Å². The number of hydrogen-bond acceptors (Lipinski definition) is 3. The van der Waals surface area contributed by atoms with Crippen molar-refractivity contribution >= 4 is 30.0 Å². The van der Waals surface area contributed by atoms with Gasteiger partial charge in [-0.2, -0.15) is 0 Å². The van der Waals surface area contributed by atoms with Crippen molar-refractivity contribution in [1.82, 2.24) is 0 Å². The zero-order valence-electron chi connectivity index (χ0n) is 24.6. The summed E-state index contributed by atoms with van der Waals surface area (Å²) >= 11 is 0. The molecule has 0 aromatic heterocycles. The molecule has 1 N–H and O–H groups in total. The van der Waals surface area contributed by atoms with E-state index in [0.29, 0.717) is 7.48 Å². The second-order valence-corrected chi connectivity index (χ2v) is 11.7. The van der Waals surface area contributed by atoms with Crippen molar-refractivity contribution in [2.24, 2.45) is 0 Å². The monoisotopic (exact) mass is 539 g/mol. The topological polar surface area (TPSA) is 32.7 Å². The highest BCUT2D eigenvalue weighted by atomic mass is 16.5. The van der Waals surface area contributed by atoms with E-state index in [1.807, 2.05) is 26.0 Å². The van der Waals surface area contributed by atoms with Gasteiger partial charge in [0.05, 0.1) is 16.9 Å². The summed E-state index contributed by atoms with van der Waals surface area (Å²) in [5, 5.41) is 10.6. The molecule has 3 nitrogen and oxygen atoms in total. The molecule has 0 saturated carbocycles. The van der Waals surface area contributed by atoms with Crippen molar-refractivity contribution in [3.05, 3.63) is 133 Å². The average Bonchev–Trinajstić information content (AvgIpc) is 2.97. The standard InChI is InChI=1S/C37H38BNO2/c1-27-13-12-18-33(25-27)39(32-22-19-29(20-23-32)28-14-8-6-9-15-28)35-24-21-31(38-41-37(4,5)36(2,3)40)26-34(35)30-16-10-7-11-17-30/h6-26,38,40H,1-5H3. The molecule has 0 fully saturated rings. The summed E-state index contributed by atoms with van der Waals surface area (Å²) < 4.78 is 6.25. The summed E-state index contributed by atoms with van der Waals surface area (Å²) in [6.07, 6.45) is 0. The molecule has 0 atom stereocenters. The summed E-state index contributed by atoms with van der Waals surface area (Å²) in [4.78, 5) is 2.33. The van der Waals surface area contributed by atoms with Crippen LogP contribution in [-0.4, -0.2) is 23.8 Å². The highest BCUT2D eigenvalue weighted by Crippen LogP contribution is 2.41. The van der Waals surface area contributed by atoms with Crippen LogP contribution in [0.2, 0.25) is 0 Å². The van der Waals surface area contributed by atoms with Gasteiger partial charge in [-0.3, -0.25) is 0 Å². The van der Waals surface area contributed by atoms with Crippen molar-refractivity contribution in [3.63, 3.8) is 0 Å². The molecule has 0 aliphatic carbocycles. The molecule has 206 valence electrons. The fourth-order valence-electron chi connectivity index (χ4n) is 4.79. The SMILES string of the molecule is Cc1cccc(N(c2ccc(-c3ccccc3)cc2)c2ccc(BOC(C)(C)C(C)(C)O)cc2-c2ccccc2)c1. The lowest BCUT2D eigenvalue weighted by molar-refractivity contribution is -0.0893. The number of benzene rings is 5. The molecule has 0 saturated heterocycles. The average molecular weight is 540 g/mol. The van der Waals surface area contributed by atoms with Crippen LogP contribution in [0.1, 0.15) is 33.3 Å². The van der Waals surface area contributed by atoms with Gasteiger partial charge in [-0.15, -0.1) is 0 Å². The third kappa shape index (κ3) is 6.46. The number of rotatable bonds is 9. The van der Waals surface area contributed by atoms with Crippen LogP contribution in [0.25, 0.3) is 22.3 Å². The number of anilines is 3. The summed E-state index contributed by atoms with van der Waals surface area (Å²) in [5.74, 6) is 0. The Hall–Kier alpha value is -4.12. The Kier molecular flexibility index (Phi) is 8.16. The lowest BCUT2D eigenvalue weighted by Crippen LogP contribution is -2.49. The molecule has 5 aromatic carbocycles. The Balaban J connectivity index is 1.61. The Labute approximate surface area is 245 Å². The third-order valence-corrected chi connectivity index (χ3v) is 7.95. The third-order valence-electron chi connectivity index (χ3n) is 7.95. The van der Waals surface area contributed by atoms with Gasteiger partial charge in [0.1, 0.15) is 0 Å². The van der Waals surface area contributed by atoms with Gasteiger partial charge in [0.2, 0.25) is 0 Å². The Morgan fingerprint density at radius 3 is 1.83 bits per heavy atom. The van der Waals surface area contributed by atoms with E-state index >= 15 is 0 Å². The molecule has 5 rings (SSSR count). The molecule has 0 spiro atoms. The quantitative estimate of drug-likeness (QED) is 0.191. The lowest BCUT2D eigenvalue weighted by Gasteiger charge is -2.37. The van der Waals surface area contributed by atoms with Crippen LogP contribution in [-0.2, 0) is 4.65 Å². The minimum Gasteiger partial charge on any atom is -0.427 e. The first-order valence-corrected chi connectivity index (χ1v) is 14.2. The van der Waals surface area contributed by atoms with E-state index in [4.69, 9.17) is 4.65 Å². The minimum atomic E-state index is -0.969. The van der Waals surface area contributed by atoms with E-state index in [-0.39, 0.29) is 0 Å². The molecule has 0 radical (unpaired) electrons. The van der Waals surface area contributed by atoms with E-state index < -0.39 is 11.2 Å². The van der Waals surface area contributed by atoms with Gasteiger partial charge in [-0.05, 0) is 87.2 Å². The van der Waals surface area contributed by atoms with Crippen molar-refractivity contribution in [1.29, 1.82) is 0 Å². The first-order valence-electron chi connectivity index (χ1n) is 14.2. The summed E-state index contributed by atoms with van der Waals surface area (Å²) in [5.41, 5.74) is 8.47. The van der Waals surface area contributed by atoms with E-state index in [0.717, 1.165) is 33.7 Å². The van der Waals surface area contributed by atoms with Crippen molar-refractivity contribution in [2.75, 3.05) is 4.90 Å². The van der Waals surface area contributed by atoms with E-state index in [1.165, 1.54) is 16.7 Å². The van der Waals surface area contributed by atoms with E-state index in [1.54, 1.807) is 13.8 Å². The van der Waals surface area contributed by atoms with Crippen LogP contribution in [0, 0.1) is 6.92 Å². The number of hydrogen-bond donors (Lipinski definition) is 1. The fourth-order valence-corrected chi connectivity index (χ4v) is 4.79. The van der Waals surface area contributed by atoms with Crippen molar-refractivity contribution in [3.8, 4) is 22.3 Å². The zero-order valence-corrected chi connectivity index (χ0v) is 24.6. The van der Waals surface area contributed by atoms with Crippen molar-refractivity contribution < 1.29 is 9.76 Å². The zero-order chi connectivity index (χ0) is 29.0. The normalized spacial score (nSPS) is 11.8. The molecule has 0 amide bonds. The van der Waals surface area contributed by atoms with Gasteiger partial charge in [-0.25, -0.2) is 0 Å². The van der Waals surface area contributed by atoms with Crippen LogP contribution in [0.5, 0.6) is 0 Å². The van der Waals surface area contributed by atoms with E-state index in [9.17, 15) is 5.11 Å². The predicted octanol–water partition coefficient (Wildman–Crippen LogP) is 8.34. The molecule has 0 heterocycles. The van der Waals surface area contributed by atoms with Gasteiger partial charge in [-0.1, -0.05) is 103 Å². The van der Waals surface area contributed by atoms with Crippen LogP contribution in [0.3, 0.4) is 0 Å². The Morgan fingerprint density at radius 1 is 0.610 bits per heavy atom. The number of aliphatic hydroxyl groups is 1. The van der Waals surface area contributed by atoms with Crippen LogP contribution >= 0.6 is 0 Å². The summed E-state index contributed by atoms with van der Waals surface area (Å²) in [6.45, 7) is 9.56. The molecular formula is C37H38BNO2. The predicted molar refractivity (Wildman–Crippen MR) is 175 cm³/mol. The largest absolute Gasteiger partial charge is 0.427 e. The second kappa shape index (κ2) is 11.8. The van der Waals surface area contributed by atoms with Gasteiger partial charge in [0, 0.05) is 16.9 Å². The lowest BCUT2D eigenvalue weighted by atomic mass is 9.81.